The van der Waals surface area contributed by atoms with E-state index in [4.69, 9.17) is 10.5 Å². The molecular formula is C11H17NO2. The maximum absolute atomic E-state index is 11.3. The van der Waals surface area contributed by atoms with E-state index in [1.807, 2.05) is 0 Å². The Kier molecular flexibility index (Phi) is 2.87. The Balaban J connectivity index is 1.76. The second-order valence-electron chi connectivity index (χ2n) is 4.25. The number of esters is 1. The van der Waals surface area contributed by atoms with Gasteiger partial charge in [-0.25, -0.2) is 0 Å². The lowest BCUT2D eigenvalue weighted by Crippen LogP contribution is -2.18. The summed E-state index contributed by atoms with van der Waals surface area (Å²) >= 11 is 0. The Hall–Kier alpha value is -0.830. The van der Waals surface area contributed by atoms with Gasteiger partial charge in [0.1, 0.15) is 6.61 Å². The van der Waals surface area contributed by atoms with Gasteiger partial charge in [-0.05, 0) is 30.6 Å². The minimum absolute atomic E-state index is 0.0820. The maximum Gasteiger partial charge on any atom is 0.306 e. The summed E-state index contributed by atoms with van der Waals surface area (Å²) in [4.78, 5) is 11.3. The van der Waals surface area contributed by atoms with E-state index >= 15 is 0 Å². The molecule has 2 aliphatic carbocycles. The summed E-state index contributed by atoms with van der Waals surface area (Å²) in [6, 6.07) is 0. The molecule has 2 aliphatic rings. The van der Waals surface area contributed by atoms with Crippen LogP contribution in [0.3, 0.4) is 0 Å². The summed E-state index contributed by atoms with van der Waals surface area (Å²) in [5.41, 5.74) is 5.26. The molecule has 3 atom stereocenters. The maximum atomic E-state index is 11.3. The number of allylic oxidation sites excluding steroid dienone is 2. The van der Waals surface area contributed by atoms with Crippen LogP contribution < -0.4 is 5.73 Å². The molecule has 1 saturated carbocycles. The molecule has 1 fully saturated rings. The summed E-state index contributed by atoms with van der Waals surface area (Å²) < 4.78 is 4.97. The number of fused-ring (bicyclic) bond motifs is 2. The lowest BCUT2D eigenvalue weighted by Gasteiger charge is -2.16. The van der Waals surface area contributed by atoms with Gasteiger partial charge in [-0.1, -0.05) is 12.2 Å². The fourth-order valence-corrected chi connectivity index (χ4v) is 2.58. The Morgan fingerprint density at radius 2 is 2.29 bits per heavy atom. The van der Waals surface area contributed by atoms with Crippen LogP contribution in [0.1, 0.15) is 19.3 Å². The molecule has 2 N–H and O–H groups in total. The van der Waals surface area contributed by atoms with E-state index in [1.165, 1.54) is 12.8 Å². The lowest BCUT2D eigenvalue weighted by atomic mass is 9.91. The number of carbonyl (C=O) groups excluding carboxylic acids is 1. The third kappa shape index (κ3) is 1.98. The normalized spacial score (nSPS) is 33.6. The molecule has 3 unspecified atom stereocenters. The van der Waals surface area contributed by atoms with E-state index in [0.29, 0.717) is 31.4 Å². The number of hydrogen-bond acceptors (Lipinski definition) is 3. The van der Waals surface area contributed by atoms with E-state index in [-0.39, 0.29) is 5.97 Å². The Morgan fingerprint density at radius 1 is 1.43 bits per heavy atom. The smallest absolute Gasteiger partial charge is 0.306 e. The van der Waals surface area contributed by atoms with Gasteiger partial charge in [-0.15, -0.1) is 0 Å². The van der Waals surface area contributed by atoms with Crippen molar-refractivity contribution in [3.05, 3.63) is 12.2 Å². The van der Waals surface area contributed by atoms with Gasteiger partial charge in [0, 0.05) is 13.0 Å². The molecule has 2 bridgehead atoms. The van der Waals surface area contributed by atoms with Crippen molar-refractivity contribution >= 4 is 5.97 Å². The zero-order valence-electron chi connectivity index (χ0n) is 8.32. The minimum atomic E-state index is -0.0820. The standard InChI is InChI=1S/C11H17NO2/c12-3-4-14-11(13)7-10-6-8-1-2-9(10)5-8/h1-2,8-10H,3-7,12H2. The minimum Gasteiger partial charge on any atom is -0.464 e. The van der Waals surface area contributed by atoms with Gasteiger partial charge in [0.2, 0.25) is 0 Å². The monoisotopic (exact) mass is 195 g/mol. The number of nitrogens with two attached hydrogens (primary N) is 1. The molecule has 0 amide bonds. The molecule has 78 valence electrons. The van der Waals surface area contributed by atoms with Crippen LogP contribution in [0.4, 0.5) is 0 Å². The number of carbonyl (C=O) groups is 1. The molecule has 0 radical (unpaired) electrons. The SMILES string of the molecule is NCCOC(=O)CC1CC2C=CC1C2. The van der Waals surface area contributed by atoms with Gasteiger partial charge in [-0.2, -0.15) is 0 Å². The van der Waals surface area contributed by atoms with Crippen LogP contribution in [0, 0.1) is 17.8 Å². The first-order valence-corrected chi connectivity index (χ1v) is 5.33. The van der Waals surface area contributed by atoms with Gasteiger partial charge < -0.3 is 10.5 Å². The van der Waals surface area contributed by atoms with E-state index in [1.54, 1.807) is 0 Å². The summed E-state index contributed by atoms with van der Waals surface area (Å²) in [6.07, 6.45) is 7.53. The topological polar surface area (TPSA) is 52.3 Å². The van der Waals surface area contributed by atoms with Crippen LogP contribution in [0.25, 0.3) is 0 Å². The third-order valence-corrected chi connectivity index (χ3v) is 3.23. The zero-order chi connectivity index (χ0) is 9.97. The molecule has 14 heavy (non-hydrogen) atoms. The van der Waals surface area contributed by atoms with Crippen molar-refractivity contribution in [2.24, 2.45) is 23.5 Å². The largest absolute Gasteiger partial charge is 0.464 e. The van der Waals surface area contributed by atoms with Crippen LogP contribution in [-0.2, 0) is 9.53 Å². The van der Waals surface area contributed by atoms with Gasteiger partial charge in [0.15, 0.2) is 0 Å². The van der Waals surface area contributed by atoms with Crippen molar-refractivity contribution in [1.82, 2.24) is 0 Å². The highest BCUT2D eigenvalue weighted by molar-refractivity contribution is 5.69. The van der Waals surface area contributed by atoms with Crippen molar-refractivity contribution < 1.29 is 9.53 Å². The van der Waals surface area contributed by atoms with Crippen molar-refractivity contribution in [3.8, 4) is 0 Å². The Morgan fingerprint density at radius 3 is 2.86 bits per heavy atom. The van der Waals surface area contributed by atoms with E-state index in [2.05, 4.69) is 12.2 Å². The predicted octanol–water partition coefficient (Wildman–Crippen LogP) is 1.09. The molecule has 0 aliphatic heterocycles. The number of ether oxygens (including phenoxy) is 1. The predicted molar refractivity (Wildman–Crippen MR) is 53.5 cm³/mol. The summed E-state index contributed by atoms with van der Waals surface area (Å²) in [5.74, 6) is 1.80. The molecule has 0 heterocycles. The highest BCUT2D eigenvalue weighted by Gasteiger charge is 2.36. The number of hydrogen-bond donors (Lipinski definition) is 1. The molecule has 0 saturated heterocycles. The Bertz CT molecular complexity index is 250. The van der Waals surface area contributed by atoms with Crippen LogP contribution in [-0.4, -0.2) is 19.1 Å². The van der Waals surface area contributed by atoms with Crippen molar-refractivity contribution in [3.63, 3.8) is 0 Å². The first kappa shape index (κ1) is 9.71. The highest BCUT2D eigenvalue weighted by Crippen LogP contribution is 2.44. The third-order valence-electron chi connectivity index (χ3n) is 3.23. The summed E-state index contributed by atoms with van der Waals surface area (Å²) in [5, 5.41) is 0. The lowest BCUT2D eigenvalue weighted by molar-refractivity contribution is -0.144. The van der Waals surface area contributed by atoms with E-state index in [0.717, 1.165) is 5.92 Å². The van der Waals surface area contributed by atoms with Crippen molar-refractivity contribution in [1.29, 1.82) is 0 Å². The fourth-order valence-electron chi connectivity index (χ4n) is 2.58. The molecular weight excluding hydrogens is 178 g/mol. The van der Waals surface area contributed by atoms with Gasteiger partial charge in [0.25, 0.3) is 0 Å². The zero-order valence-corrected chi connectivity index (χ0v) is 8.32. The molecule has 0 aromatic heterocycles. The van der Waals surface area contributed by atoms with Crippen molar-refractivity contribution in [2.45, 2.75) is 19.3 Å². The quantitative estimate of drug-likeness (QED) is 0.539. The van der Waals surface area contributed by atoms with E-state index in [9.17, 15) is 4.79 Å². The first-order valence-electron chi connectivity index (χ1n) is 5.33. The second kappa shape index (κ2) is 4.13. The second-order valence-corrected chi connectivity index (χ2v) is 4.25. The summed E-state index contributed by atoms with van der Waals surface area (Å²) in [7, 11) is 0. The number of rotatable bonds is 4. The van der Waals surface area contributed by atoms with Crippen LogP contribution in [0.15, 0.2) is 12.2 Å². The molecule has 0 aromatic rings. The van der Waals surface area contributed by atoms with Crippen LogP contribution in [0.2, 0.25) is 0 Å². The molecule has 0 spiro atoms. The van der Waals surface area contributed by atoms with Gasteiger partial charge in [0.05, 0.1) is 0 Å². The fraction of sp³-hybridized carbons (Fsp3) is 0.727. The average Bonchev–Trinajstić information content (AvgIpc) is 2.76. The van der Waals surface area contributed by atoms with Gasteiger partial charge in [-0.3, -0.25) is 4.79 Å². The van der Waals surface area contributed by atoms with Crippen LogP contribution >= 0.6 is 0 Å². The van der Waals surface area contributed by atoms with Crippen LogP contribution in [0.5, 0.6) is 0 Å². The highest BCUT2D eigenvalue weighted by atomic mass is 16.5. The van der Waals surface area contributed by atoms with Gasteiger partial charge >= 0.3 is 5.97 Å². The molecule has 0 aromatic carbocycles. The first-order chi connectivity index (χ1) is 6.79. The Labute approximate surface area is 84.3 Å². The van der Waals surface area contributed by atoms with E-state index < -0.39 is 0 Å². The molecule has 3 heteroatoms. The average molecular weight is 195 g/mol. The summed E-state index contributed by atoms with van der Waals surface area (Å²) in [6.45, 7) is 0.776. The molecule has 2 rings (SSSR count). The van der Waals surface area contributed by atoms with Crippen molar-refractivity contribution in [2.75, 3.05) is 13.2 Å². The molecule has 3 nitrogen and oxygen atoms in total.